The van der Waals surface area contributed by atoms with Gasteiger partial charge in [0, 0.05) is 10.9 Å². The van der Waals surface area contributed by atoms with Crippen LogP contribution < -0.4 is 9.47 Å². The van der Waals surface area contributed by atoms with Gasteiger partial charge in [-0.25, -0.2) is 0 Å². The van der Waals surface area contributed by atoms with Gasteiger partial charge >= 0.3 is 5.97 Å². The van der Waals surface area contributed by atoms with Crippen molar-refractivity contribution in [3.63, 3.8) is 0 Å². The predicted octanol–water partition coefficient (Wildman–Crippen LogP) is 5.13. The third-order valence-corrected chi connectivity index (χ3v) is 5.12. The molecule has 1 aromatic heterocycles. The van der Waals surface area contributed by atoms with Crippen molar-refractivity contribution in [2.45, 2.75) is 44.9 Å². The van der Waals surface area contributed by atoms with Gasteiger partial charge in [-0.05, 0) is 35.9 Å². The number of carbonyl (C=O) groups is 1. The van der Waals surface area contributed by atoms with E-state index in [0.29, 0.717) is 13.0 Å². The highest BCUT2D eigenvalue weighted by Gasteiger charge is 2.23. The highest BCUT2D eigenvalue weighted by Crippen LogP contribution is 2.32. The van der Waals surface area contributed by atoms with E-state index in [4.69, 9.17) is 9.47 Å². The van der Waals surface area contributed by atoms with Crippen molar-refractivity contribution >= 4 is 17.3 Å². The minimum Gasteiger partial charge on any atom is -0.497 e. The normalized spacial score (nSPS) is 11.9. The van der Waals surface area contributed by atoms with E-state index in [1.807, 2.05) is 35.7 Å². The van der Waals surface area contributed by atoms with Gasteiger partial charge < -0.3 is 14.6 Å². The highest BCUT2D eigenvalue weighted by molar-refractivity contribution is 7.10. The molecule has 0 spiro atoms. The molecule has 0 bridgehead atoms. The lowest BCUT2D eigenvalue weighted by atomic mass is 9.97. The molecule has 1 aromatic carbocycles. The molecule has 136 valence electrons. The van der Waals surface area contributed by atoms with E-state index >= 15 is 0 Å². The number of hydrogen-bond donors (Lipinski definition) is 1. The summed E-state index contributed by atoms with van der Waals surface area (Å²) < 4.78 is 11.2. The van der Waals surface area contributed by atoms with Gasteiger partial charge in [0.2, 0.25) is 0 Å². The number of thiophene rings is 1. The summed E-state index contributed by atoms with van der Waals surface area (Å²) in [6.07, 6.45) is 4.93. The average Bonchev–Trinajstić information content (AvgIpc) is 3.14. The van der Waals surface area contributed by atoms with Crippen molar-refractivity contribution in [3.8, 4) is 11.5 Å². The molecule has 5 heteroatoms. The molecule has 1 N–H and O–H groups in total. The smallest absolute Gasteiger partial charge is 0.312 e. The van der Waals surface area contributed by atoms with Crippen LogP contribution in [0.15, 0.2) is 35.7 Å². The average molecular weight is 362 g/mol. The fourth-order valence-corrected chi connectivity index (χ4v) is 3.51. The minimum absolute atomic E-state index is 0.407. The zero-order valence-corrected chi connectivity index (χ0v) is 15.7. The van der Waals surface area contributed by atoms with E-state index in [1.165, 1.54) is 24.2 Å². The van der Waals surface area contributed by atoms with Crippen molar-refractivity contribution < 1.29 is 19.4 Å². The van der Waals surface area contributed by atoms with Gasteiger partial charge in [0.15, 0.2) is 0 Å². The lowest BCUT2D eigenvalue weighted by Gasteiger charge is -2.16. The number of carboxylic acid groups (broad SMARTS) is 1. The fraction of sp³-hybridized carbons (Fsp3) is 0.450. The molecular formula is C20H26O4S. The van der Waals surface area contributed by atoms with Gasteiger partial charge in [-0.3, -0.25) is 4.79 Å². The van der Waals surface area contributed by atoms with Crippen molar-refractivity contribution in [3.05, 3.63) is 46.2 Å². The van der Waals surface area contributed by atoms with Gasteiger partial charge in [-0.1, -0.05) is 38.3 Å². The van der Waals surface area contributed by atoms with Crippen molar-refractivity contribution in [1.82, 2.24) is 0 Å². The SMILES string of the molecule is CCCCCCOc1cc(OC)ccc1CC(C(=O)O)c1cccs1. The third kappa shape index (κ3) is 5.78. The summed E-state index contributed by atoms with van der Waals surface area (Å²) in [6, 6.07) is 9.37. The molecule has 4 nitrogen and oxygen atoms in total. The number of benzene rings is 1. The number of methoxy groups -OCH3 is 1. The second-order valence-electron chi connectivity index (χ2n) is 5.99. The molecule has 0 aliphatic heterocycles. The standard InChI is InChI=1S/C20H26O4S/c1-3-4-5-6-11-24-18-14-16(23-2)10-9-15(18)13-17(20(21)22)19-8-7-12-25-19/h7-10,12,14,17H,3-6,11,13H2,1-2H3,(H,21,22). The van der Waals surface area contributed by atoms with E-state index in [1.54, 1.807) is 7.11 Å². The van der Waals surface area contributed by atoms with E-state index in [-0.39, 0.29) is 0 Å². The third-order valence-electron chi connectivity index (χ3n) is 4.14. The molecule has 0 saturated carbocycles. The van der Waals surface area contributed by atoms with Gasteiger partial charge in [0.25, 0.3) is 0 Å². The summed E-state index contributed by atoms with van der Waals surface area (Å²) in [7, 11) is 1.62. The Morgan fingerprint density at radius 3 is 2.72 bits per heavy atom. The molecule has 1 atom stereocenters. The highest BCUT2D eigenvalue weighted by atomic mass is 32.1. The molecule has 0 radical (unpaired) electrons. The molecule has 1 unspecified atom stereocenters. The van der Waals surface area contributed by atoms with Crippen LogP contribution in [0.2, 0.25) is 0 Å². The minimum atomic E-state index is -0.813. The summed E-state index contributed by atoms with van der Waals surface area (Å²) >= 11 is 1.47. The largest absolute Gasteiger partial charge is 0.497 e. The Morgan fingerprint density at radius 1 is 1.24 bits per heavy atom. The van der Waals surface area contributed by atoms with Crippen molar-refractivity contribution in [1.29, 1.82) is 0 Å². The first-order chi connectivity index (χ1) is 12.2. The van der Waals surface area contributed by atoms with Gasteiger partial charge in [-0.15, -0.1) is 11.3 Å². The molecule has 0 aliphatic carbocycles. The quantitative estimate of drug-likeness (QED) is 0.563. The number of rotatable bonds is 11. The number of carboxylic acids is 1. The second kappa shape index (κ2) is 10.1. The van der Waals surface area contributed by atoms with Crippen LogP contribution in [0.5, 0.6) is 11.5 Å². The van der Waals surface area contributed by atoms with Crippen LogP contribution in [0.25, 0.3) is 0 Å². The Labute approximate surface area is 153 Å². The predicted molar refractivity (Wildman–Crippen MR) is 101 cm³/mol. The maximum Gasteiger partial charge on any atom is 0.312 e. The van der Waals surface area contributed by atoms with Gasteiger partial charge in [0.05, 0.1) is 19.6 Å². The van der Waals surface area contributed by atoms with Crippen LogP contribution in [0.3, 0.4) is 0 Å². The molecule has 0 aliphatic rings. The second-order valence-corrected chi connectivity index (χ2v) is 6.97. The Bertz CT molecular complexity index is 652. The number of hydrogen-bond acceptors (Lipinski definition) is 4. The van der Waals surface area contributed by atoms with Crippen LogP contribution in [-0.4, -0.2) is 24.8 Å². The Morgan fingerprint density at radius 2 is 2.08 bits per heavy atom. The first-order valence-electron chi connectivity index (χ1n) is 8.71. The maximum atomic E-state index is 11.7. The van der Waals surface area contributed by atoms with Crippen LogP contribution >= 0.6 is 11.3 Å². The van der Waals surface area contributed by atoms with Crippen molar-refractivity contribution in [2.24, 2.45) is 0 Å². The molecule has 1 heterocycles. The van der Waals surface area contributed by atoms with Gasteiger partial charge in [0.1, 0.15) is 11.5 Å². The molecule has 2 aromatic rings. The van der Waals surface area contributed by atoms with E-state index in [0.717, 1.165) is 34.8 Å². The molecule has 0 fully saturated rings. The lowest BCUT2D eigenvalue weighted by molar-refractivity contribution is -0.138. The van der Waals surface area contributed by atoms with E-state index in [2.05, 4.69) is 6.92 Å². The van der Waals surface area contributed by atoms with Gasteiger partial charge in [-0.2, -0.15) is 0 Å². The van der Waals surface area contributed by atoms with Crippen LogP contribution in [0.1, 0.15) is 49.0 Å². The fourth-order valence-electron chi connectivity index (χ4n) is 2.69. The monoisotopic (exact) mass is 362 g/mol. The molecular weight excluding hydrogens is 336 g/mol. The number of unbranched alkanes of at least 4 members (excludes halogenated alkanes) is 3. The zero-order valence-electron chi connectivity index (χ0n) is 14.9. The van der Waals surface area contributed by atoms with E-state index < -0.39 is 11.9 Å². The first-order valence-corrected chi connectivity index (χ1v) is 9.59. The summed E-state index contributed by atoms with van der Waals surface area (Å²) in [5.74, 6) is 0.0666. The Hall–Kier alpha value is -2.01. The van der Waals surface area contributed by atoms with Crippen LogP contribution in [-0.2, 0) is 11.2 Å². The topological polar surface area (TPSA) is 55.8 Å². The molecule has 2 rings (SSSR count). The first kappa shape index (κ1) is 19.3. The molecule has 0 saturated heterocycles. The number of aliphatic carboxylic acids is 1. The summed E-state index contributed by atoms with van der Waals surface area (Å²) in [5, 5.41) is 11.5. The zero-order chi connectivity index (χ0) is 18.1. The Kier molecular flexibility index (Phi) is 7.79. The summed E-state index contributed by atoms with van der Waals surface area (Å²) in [5.41, 5.74) is 0.900. The molecule has 0 amide bonds. The number of ether oxygens (including phenoxy) is 2. The summed E-state index contributed by atoms with van der Waals surface area (Å²) in [6.45, 7) is 2.81. The van der Waals surface area contributed by atoms with E-state index in [9.17, 15) is 9.90 Å². The molecule has 25 heavy (non-hydrogen) atoms. The Balaban J connectivity index is 2.13. The van der Waals surface area contributed by atoms with Crippen LogP contribution in [0, 0.1) is 0 Å². The summed E-state index contributed by atoms with van der Waals surface area (Å²) in [4.78, 5) is 12.6. The lowest BCUT2D eigenvalue weighted by Crippen LogP contribution is -2.14. The van der Waals surface area contributed by atoms with Crippen molar-refractivity contribution in [2.75, 3.05) is 13.7 Å². The maximum absolute atomic E-state index is 11.7. The van der Waals surface area contributed by atoms with Crippen LogP contribution in [0.4, 0.5) is 0 Å².